The third-order valence-electron chi connectivity index (χ3n) is 5.16. The molecule has 4 rings (SSSR count). The van der Waals surface area contributed by atoms with Crippen molar-refractivity contribution in [3.05, 3.63) is 64.7 Å². The summed E-state index contributed by atoms with van der Waals surface area (Å²) in [5, 5.41) is 0. The SMILES string of the molecule is Cc1c(C2=CCCCCC2)ccc2c1Cc1ccccc1-2. The fourth-order valence-corrected chi connectivity index (χ4v) is 3.97. The molecular formula is C21H22. The first-order valence-electron chi connectivity index (χ1n) is 8.25. The molecule has 0 N–H and O–H groups in total. The molecule has 0 heterocycles. The quantitative estimate of drug-likeness (QED) is 0.517. The highest BCUT2D eigenvalue weighted by atomic mass is 14.3. The number of hydrogen-bond donors (Lipinski definition) is 0. The summed E-state index contributed by atoms with van der Waals surface area (Å²) >= 11 is 0. The fourth-order valence-electron chi connectivity index (χ4n) is 3.97. The van der Waals surface area contributed by atoms with E-state index in [4.69, 9.17) is 0 Å². The van der Waals surface area contributed by atoms with Crippen molar-refractivity contribution in [3.8, 4) is 11.1 Å². The van der Waals surface area contributed by atoms with Gasteiger partial charge in [-0.3, -0.25) is 0 Å². The molecular weight excluding hydrogens is 252 g/mol. The highest BCUT2D eigenvalue weighted by Gasteiger charge is 2.21. The van der Waals surface area contributed by atoms with Crippen molar-refractivity contribution >= 4 is 5.57 Å². The van der Waals surface area contributed by atoms with Gasteiger partial charge >= 0.3 is 0 Å². The van der Waals surface area contributed by atoms with Gasteiger partial charge in [0.25, 0.3) is 0 Å². The first-order valence-corrected chi connectivity index (χ1v) is 8.25. The zero-order valence-corrected chi connectivity index (χ0v) is 12.8. The van der Waals surface area contributed by atoms with E-state index < -0.39 is 0 Å². The monoisotopic (exact) mass is 274 g/mol. The molecule has 0 saturated heterocycles. The van der Waals surface area contributed by atoms with Gasteiger partial charge < -0.3 is 0 Å². The van der Waals surface area contributed by atoms with Crippen molar-refractivity contribution in [2.75, 3.05) is 0 Å². The topological polar surface area (TPSA) is 0 Å². The van der Waals surface area contributed by atoms with E-state index in [9.17, 15) is 0 Å². The molecule has 0 radical (unpaired) electrons. The van der Waals surface area contributed by atoms with E-state index in [0.29, 0.717) is 0 Å². The van der Waals surface area contributed by atoms with Gasteiger partial charge in [-0.1, -0.05) is 48.9 Å². The maximum Gasteiger partial charge on any atom is -0.00106 e. The molecule has 2 aliphatic rings. The van der Waals surface area contributed by atoms with E-state index >= 15 is 0 Å². The zero-order chi connectivity index (χ0) is 14.2. The highest BCUT2D eigenvalue weighted by molar-refractivity contribution is 5.82. The van der Waals surface area contributed by atoms with Crippen LogP contribution in [-0.4, -0.2) is 0 Å². The molecule has 0 bridgehead atoms. The summed E-state index contributed by atoms with van der Waals surface area (Å²) in [6, 6.07) is 13.6. The number of fused-ring (bicyclic) bond motifs is 3. The molecule has 0 atom stereocenters. The smallest absolute Gasteiger partial charge is 0.00106 e. The molecule has 0 aromatic heterocycles. The Morgan fingerprint density at radius 2 is 1.67 bits per heavy atom. The van der Waals surface area contributed by atoms with Gasteiger partial charge in [0, 0.05) is 0 Å². The Morgan fingerprint density at radius 3 is 2.62 bits per heavy atom. The number of hydrogen-bond acceptors (Lipinski definition) is 0. The van der Waals surface area contributed by atoms with Gasteiger partial charge in [0.2, 0.25) is 0 Å². The minimum atomic E-state index is 1.11. The molecule has 0 nitrogen and oxygen atoms in total. The van der Waals surface area contributed by atoms with E-state index in [-0.39, 0.29) is 0 Å². The molecule has 0 amide bonds. The Labute approximate surface area is 127 Å². The van der Waals surface area contributed by atoms with Gasteiger partial charge in [-0.25, -0.2) is 0 Å². The van der Waals surface area contributed by atoms with Gasteiger partial charge in [-0.05, 0) is 78.0 Å². The predicted octanol–water partition coefficient (Wildman–Crippen LogP) is 5.91. The van der Waals surface area contributed by atoms with Crippen LogP contribution >= 0.6 is 0 Å². The van der Waals surface area contributed by atoms with Crippen LogP contribution in [0.5, 0.6) is 0 Å². The molecule has 0 aliphatic heterocycles. The maximum atomic E-state index is 2.49. The Hall–Kier alpha value is -1.82. The number of allylic oxidation sites excluding steroid dienone is 2. The predicted molar refractivity (Wildman–Crippen MR) is 90.5 cm³/mol. The van der Waals surface area contributed by atoms with Crippen LogP contribution in [0.25, 0.3) is 16.7 Å². The lowest BCUT2D eigenvalue weighted by Crippen LogP contribution is -1.95. The first-order chi connectivity index (χ1) is 10.3. The molecule has 2 aromatic carbocycles. The summed E-state index contributed by atoms with van der Waals surface area (Å²) < 4.78 is 0. The molecule has 0 fully saturated rings. The van der Waals surface area contributed by atoms with Crippen molar-refractivity contribution in [1.29, 1.82) is 0 Å². The maximum absolute atomic E-state index is 2.49. The van der Waals surface area contributed by atoms with E-state index in [2.05, 4.69) is 49.4 Å². The van der Waals surface area contributed by atoms with E-state index in [1.165, 1.54) is 59.9 Å². The Balaban J connectivity index is 1.80. The van der Waals surface area contributed by atoms with Crippen LogP contribution in [0.2, 0.25) is 0 Å². The Kier molecular flexibility index (Phi) is 3.18. The van der Waals surface area contributed by atoms with Crippen LogP contribution in [0.15, 0.2) is 42.5 Å². The Bertz CT molecular complexity index is 719. The lowest BCUT2D eigenvalue weighted by Gasteiger charge is -2.14. The summed E-state index contributed by atoms with van der Waals surface area (Å²) in [7, 11) is 0. The number of rotatable bonds is 1. The van der Waals surface area contributed by atoms with Crippen molar-refractivity contribution in [1.82, 2.24) is 0 Å². The average Bonchev–Trinajstić information content (AvgIpc) is 2.69. The Morgan fingerprint density at radius 1 is 0.810 bits per heavy atom. The normalized spacial score (nSPS) is 16.9. The van der Waals surface area contributed by atoms with Crippen LogP contribution in [-0.2, 0) is 6.42 Å². The van der Waals surface area contributed by atoms with Gasteiger partial charge in [-0.2, -0.15) is 0 Å². The van der Waals surface area contributed by atoms with E-state index in [0.717, 1.165) is 6.42 Å². The van der Waals surface area contributed by atoms with Crippen molar-refractivity contribution in [2.24, 2.45) is 0 Å². The molecule has 0 unspecified atom stereocenters. The standard InChI is InChI=1S/C21H22/c1-15-18(16-8-4-2-3-5-9-16)12-13-20-19-11-7-6-10-17(19)14-21(15)20/h6-8,10-13H,2-5,9,14H2,1H3. The van der Waals surface area contributed by atoms with Gasteiger partial charge in [-0.15, -0.1) is 0 Å². The minimum absolute atomic E-state index is 1.11. The molecule has 106 valence electrons. The second kappa shape index (κ2) is 5.18. The highest BCUT2D eigenvalue weighted by Crippen LogP contribution is 2.41. The summed E-state index contributed by atoms with van der Waals surface area (Å²) in [5.74, 6) is 0. The van der Waals surface area contributed by atoms with Crippen LogP contribution in [0.3, 0.4) is 0 Å². The molecule has 21 heavy (non-hydrogen) atoms. The van der Waals surface area contributed by atoms with Crippen molar-refractivity contribution in [2.45, 2.75) is 45.4 Å². The third-order valence-corrected chi connectivity index (χ3v) is 5.16. The van der Waals surface area contributed by atoms with Crippen LogP contribution in [0, 0.1) is 6.92 Å². The molecule has 0 heteroatoms. The second-order valence-electron chi connectivity index (χ2n) is 6.43. The van der Waals surface area contributed by atoms with Gasteiger partial charge in [0.05, 0.1) is 0 Å². The van der Waals surface area contributed by atoms with Crippen molar-refractivity contribution < 1.29 is 0 Å². The zero-order valence-electron chi connectivity index (χ0n) is 12.8. The summed E-state index contributed by atoms with van der Waals surface area (Å²) in [4.78, 5) is 0. The van der Waals surface area contributed by atoms with E-state index in [1.807, 2.05) is 0 Å². The van der Waals surface area contributed by atoms with Crippen LogP contribution in [0.4, 0.5) is 0 Å². The van der Waals surface area contributed by atoms with E-state index in [1.54, 1.807) is 11.1 Å². The fraction of sp³-hybridized carbons (Fsp3) is 0.333. The van der Waals surface area contributed by atoms with Crippen molar-refractivity contribution in [3.63, 3.8) is 0 Å². The minimum Gasteiger partial charge on any atom is -0.0807 e. The lowest BCUT2D eigenvalue weighted by atomic mass is 9.91. The molecule has 0 spiro atoms. The lowest BCUT2D eigenvalue weighted by molar-refractivity contribution is 0.720. The average molecular weight is 274 g/mol. The molecule has 2 aromatic rings. The van der Waals surface area contributed by atoms with Gasteiger partial charge in [0.1, 0.15) is 0 Å². The first kappa shape index (κ1) is 12.9. The summed E-state index contributed by atoms with van der Waals surface area (Å²) in [6.07, 6.45) is 10.2. The van der Waals surface area contributed by atoms with Crippen LogP contribution in [0.1, 0.15) is 54.4 Å². The summed E-state index contributed by atoms with van der Waals surface area (Å²) in [6.45, 7) is 2.33. The van der Waals surface area contributed by atoms with Crippen LogP contribution < -0.4 is 0 Å². The molecule has 2 aliphatic carbocycles. The molecule has 0 saturated carbocycles. The summed E-state index contributed by atoms with van der Waals surface area (Å²) in [5.41, 5.74) is 10.5. The second-order valence-corrected chi connectivity index (χ2v) is 6.43. The largest absolute Gasteiger partial charge is 0.0807 e. The van der Waals surface area contributed by atoms with Gasteiger partial charge in [0.15, 0.2) is 0 Å². The third kappa shape index (κ3) is 2.14. The number of benzene rings is 2.